The van der Waals surface area contributed by atoms with Gasteiger partial charge in [0.05, 0.1) is 13.0 Å². The zero-order valence-corrected chi connectivity index (χ0v) is 10.6. The van der Waals surface area contributed by atoms with Gasteiger partial charge in [-0.25, -0.2) is 8.78 Å². The van der Waals surface area contributed by atoms with Crippen molar-refractivity contribution in [2.45, 2.75) is 5.92 Å². The molecule has 1 aromatic rings. The molecule has 2 rings (SSSR count). The summed E-state index contributed by atoms with van der Waals surface area (Å²) in [5, 5.41) is 3.02. The number of esters is 1. The summed E-state index contributed by atoms with van der Waals surface area (Å²) in [4.78, 5) is 11.5. The summed E-state index contributed by atoms with van der Waals surface area (Å²) in [6.07, 6.45) is 0. The minimum atomic E-state index is -0.619. The van der Waals surface area contributed by atoms with E-state index in [0.29, 0.717) is 18.7 Å². The Morgan fingerprint density at radius 2 is 2.11 bits per heavy atom. The van der Waals surface area contributed by atoms with Crippen LogP contribution in [0.4, 0.5) is 8.78 Å². The van der Waals surface area contributed by atoms with E-state index < -0.39 is 17.6 Å². The molecular formula is C12H14ClF2NO2. The van der Waals surface area contributed by atoms with E-state index in [2.05, 4.69) is 10.1 Å². The standard InChI is InChI=1S/C12H13F2NO2.ClH/c1-17-12(16)10-6-15-5-9(10)8-3-2-7(13)4-11(8)14;/h2-4,9-10,15H,5-6H2,1H3;1H. The lowest BCUT2D eigenvalue weighted by atomic mass is 9.88. The normalized spacial score (nSPS) is 22.4. The summed E-state index contributed by atoms with van der Waals surface area (Å²) in [5.41, 5.74) is 0.354. The van der Waals surface area contributed by atoms with Gasteiger partial charge < -0.3 is 10.1 Å². The lowest BCUT2D eigenvalue weighted by Gasteiger charge is -2.17. The number of rotatable bonds is 2. The van der Waals surface area contributed by atoms with Gasteiger partial charge in [-0.2, -0.15) is 0 Å². The second-order valence-electron chi connectivity index (χ2n) is 4.06. The maximum absolute atomic E-state index is 13.6. The summed E-state index contributed by atoms with van der Waals surface area (Å²) < 4.78 is 31.1. The largest absolute Gasteiger partial charge is 0.469 e. The van der Waals surface area contributed by atoms with Crippen molar-refractivity contribution in [2.75, 3.05) is 20.2 Å². The average Bonchev–Trinajstić information content (AvgIpc) is 2.77. The highest BCUT2D eigenvalue weighted by Gasteiger charge is 2.36. The summed E-state index contributed by atoms with van der Waals surface area (Å²) in [7, 11) is 1.30. The molecule has 0 saturated carbocycles. The third-order valence-corrected chi connectivity index (χ3v) is 3.08. The molecule has 0 aliphatic carbocycles. The molecule has 1 N–H and O–H groups in total. The number of ether oxygens (including phenoxy) is 1. The smallest absolute Gasteiger partial charge is 0.310 e. The SMILES string of the molecule is COC(=O)C1CNCC1c1ccc(F)cc1F.Cl. The van der Waals surface area contributed by atoms with Crippen LogP contribution in [0.5, 0.6) is 0 Å². The van der Waals surface area contributed by atoms with Gasteiger partial charge >= 0.3 is 5.97 Å². The number of carbonyl (C=O) groups is 1. The molecule has 0 aromatic heterocycles. The molecule has 18 heavy (non-hydrogen) atoms. The fraction of sp³-hybridized carbons (Fsp3) is 0.417. The van der Waals surface area contributed by atoms with Gasteiger partial charge in [0.15, 0.2) is 0 Å². The van der Waals surface area contributed by atoms with E-state index in [4.69, 9.17) is 0 Å². The van der Waals surface area contributed by atoms with Crippen LogP contribution in [0, 0.1) is 17.6 Å². The van der Waals surface area contributed by atoms with E-state index in [1.54, 1.807) is 0 Å². The van der Waals surface area contributed by atoms with Crippen molar-refractivity contribution in [3.8, 4) is 0 Å². The van der Waals surface area contributed by atoms with Crippen LogP contribution in [-0.4, -0.2) is 26.2 Å². The minimum Gasteiger partial charge on any atom is -0.469 e. The summed E-state index contributed by atoms with van der Waals surface area (Å²) >= 11 is 0. The Labute approximate surface area is 110 Å². The number of hydrogen-bond donors (Lipinski definition) is 1. The highest BCUT2D eigenvalue weighted by molar-refractivity contribution is 5.85. The molecule has 3 nitrogen and oxygen atoms in total. The Morgan fingerprint density at radius 1 is 1.39 bits per heavy atom. The third-order valence-electron chi connectivity index (χ3n) is 3.08. The molecule has 0 radical (unpaired) electrons. The Balaban J connectivity index is 0.00000162. The van der Waals surface area contributed by atoms with E-state index in [-0.39, 0.29) is 24.3 Å². The molecule has 1 aliphatic heterocycles. The fourth-order valence-electron chi connectivity index (χ4n) is 2.21. The molecule has 1 aromatic carbocycles. The Morgan fingerprint density at radius 3 is 2.72 bits per heavy atom. The quantitative estimate of drug-likeness (QED) is 0.839. The lowest BCUT2D eigenvalue weighted by molar-refractivity contribution is -0.145. The van der Waals surface area contributed by atoms with E-state index >= 15 is 0 Å². The number of carbonyl (C=O) groups excluding carboxylic acids is 1. The molecule has 1 saturated heterocycles. The Bertz CT molecular complexity index is 442. The maximum Gasteiger partial charge on any atom is 0.310 e. The first-order chi connectivity index (χ1) is 8.13. The fourth-order valence-corrected chi connectivity index (χ4v) is 2.21. The monoisotopic (exact) mass is 277 g/mol. The van der Waals surface area contributed by atoms with Gasteiger partial charge in [0.1, 0.15) is 11.6 Å². The van der Waals surface area contributed by atoms with Gasteiger partial charge in [0, 0.05) is 25.1 Å². The molecule has 0 amide bonds. The van der Waals surface area contributed by atoms with Crippen molar-refractivity contribution >= 4 is 18.4 Å². The van der Waals surface area contributed by atoms with Gasteiger partial charge in [0.2, 0.25) is 0 Å². The lowest BCUT2D eigenvalue weighted by Crippen LogP contribution is -2.23. The van der Waals surface area contributed by atoms with Crippen LogP contribution in [0.3, 0.4) is 0 Å². The average molecular weight is 278 g/mol. The van der Waals surface area contributed by atoms with Crippen molar-refractivity contribution in [1.82, 2.24) is 5.32 Å². The van der Waals surface area contributed by atoms with Crippen LogP contribution in [0.15, 0.2) is 18.2 Å². The first-order valence-corrected chi connectivity index (χ1v) is 5.37. The number of methoxy groups -OCH3 is 1. The summed E-state index contributed by atoms with van der Waals surface area (Å²) in [5.74, 6) is -2.33. The van der Waals surface area contributed by atoms with E-state index in [0.717, 1.165) is 6.07 Å². The topological polar surface area (TPSA) is 38.3 Å². The van der Waals surface area contributed by atoms with Crippen molar-refractivity contribution in [2.24, 2.45) is 5.92 Å². The van der Waals surface area contributed by atoms with Crippen LogP contribution in [-0.2, 0) is 9.53 Å². The van der Waals surface area contributed by atoms with Gasteiger partial charge in [-0.3, -0.25) is 4.79 Å². The third kappa shape index (κ3) is 2.79. The van der Waals surface area contributed by atoms with E-state index in [1.807, 2.05) is 0 Å². The molecule has 100 valence electrons. The molecule has 6 heteroatoms. The number of hydrogen-bond acceptors (Lipinski definition) is 3. The predicted octanol–water partition coefficient (Wildman–Crippen LogP) is 1.86. The van der Waals surface area contributed by atoms with Crippen LogP contribution in [0.1, 0.15) is 11.5 Å². The van der Waals surface area contributed by atoms with Crippen molar-refractivity contribution in [3.63, 3.8) is 0 Å². The number of halogens is 3. The van der Waals surface area contributed by atoms with Gasteiger partial charge in [-0.15, -0.1) is 12.4 Å². The second-order valence-corrected chi connectivity index (χ2v) is 4.06. The maximum atomic E-state index is 13.6. The Kier molecular flexibility index (Phi) is 5.04. The minimum absolute atomic E-state index is 0. The first kappa shape index (κ1) is 14.9. The molecule has 1 heterocycles. The first-order valence-electron chi connectivity index (χ1n) is 5.37. The van der Waals surface area contributed by atoms with Crippen molar-refractivity contribution < 1.29 is 18.3 Å². The summed E-state index contributed by atoms with van der Waals surface area (Å²) in [6.45, 7) is 0.941. The van der Waals surface area contributed by atoms with Gasteiger partial charge in [-0.05, 0) is 11.6 Å². The highest BCUT2D eigenvalue weighted by Crippen LogP contribution is 2.30. The zero-order valence-electron chi connectivity index (χ0n) is 9.78. The van der Waals surface area contributed by atoms with Gasteiger partial charge in [-0.1, -0.05) is 6.07 Å². The second kappa shape index (κ2) is 6.11. The van der Waals surface area contributed by atoms with Crippen LogP contribution in [0.25, 0.3) is 0 Å². The molecule has 0 bridgehead atoms. The van der Waals surface area contributed by atoms with Crippen LogP contribution >= 0.6 is 12.4 Å². The predicted molar refractivity (Wildman–Crippen MR) is 64.7 cm³/mol. The number of nitrogens with one attached hydrogen (secondary N) is 1. The van der Waals surface area contributed by atoms with E-state index in [9.17, 15) is 13.6 Å². The molecule has 0 spiro atoms. The zero-order chi connectivity index (χ0) is 12.4. The summed E-state index contributed by atoms with van der Waals surface area (Å²) in [6, 6.07) is 3.42. The molecular weight excluding hydrogens is 264 g/mol. The molecule has 2 atom stereocenters. The molecule has 2 unspecified atom stereocenters. The number of benzene rings is 1. The van der Waals surface area contributed by atoms with Crippen molar-refractivity contribution in [3.05, 3.63) is 35.4 Å². The van der Waals surface area contributed by atoms with Gasteiger partial charge in [0.25, 0.3) is 0 Å². The van der Waals surface area contributed by atoms with E-state index in [1.165, 1.54) is 19.2 Å². The highest BCUT2D eigenvalue weighted by atomic mass is 35.5. The van der Waals surface area contributed by atoms with Crippen molar-refractivity contribution in [1.29, 1.82) is 0 Å². The molecule has 1 aliphatic rings. The van der Waals surface area contributed by atoms with Crippen LogP contribution < -0.4 is 5.32 Å². The van der Waals surface area contributed by atoms with Crippen LogP contribution in [0.2, 0.25) is 0 Å². The Hall–Kier alpha value is -1.20. The molecule has 1 fully saturated rings.